The number of hydrogen-bond acceptors (Lipinski definition) is 9. The fraction of sp³-hybridized carbons (Fsp3) is 0.400. The maximum Gasteiger partial charge on any atom is 0.272 e. The highest BCUT2D eigenvalue weighted by Gasteiger charge is 2.24. The van der Waals surface area contributed by atoms with Crippen LogP contribution in [0.1, 0.15) is 52.7 Å². The largest absolute Gasteiger partial charge is 0.492 e. The molecule has 230 valence electrons. The third kappa shape index (κ3) is 7.99. The molecule has 2 heterocycles. The van der Waals surface area contributed by atoms with Gasteiger partial charge in [0.25, 0.3) is 11.8 Å². The Labute approximate surface area is 252 Å². The van der Waals surface area contributed by atoms with E-state index in [2.05, 4.69) is 24.9 Å². The summed E-state index contributed by atoms with van der Waals surface area (Å²) in [5.41, 5.74) is 2.20. The molecule has 0 unspecified atom stereocenters. The molecule has 1 saturated heterocycles. The van der Waals surface area contributed by atoms with Crippen LogP contribution in [-0.2, 0) is 15.4 Å². The lowest BCUT2D eigenvalue weighted by molar-refractivity contribution is 0.0657. The molecule has 13 heteroatoms. The average molecular weight is 611 g/mol. The van der Waals surface area contributed by atoms with Gasteiger partial charge in [-0.05, 0) is 54.8 Å². The molecule has 1 aromatic heterocycles. The lowest BCUT2D eigenvalue weighted by Crippen LogP contribution is -2.47. The fourth-order valence-corrected chi connectivity index (χ4v) is 5.04. The van der Waals surface area contributed by atoms with Crippen LogP contribution in [0.2, 0.25) is 0 Å². The van der Waals surface area contributed by atoms with Crippen molar-refractivity contribution in [2.45, 2.75) is 33.1 Å². The van der Waals surface area contributed by atoms with E-state index in [9.17, 15) is 18.0 Å². The van der Waals surface area contributed by atoms with Gasteiger partial charge in [-0.1, -0.05) is 26.8 Å². The molecular formula is C30H38N6O6S. The van der Waals surface area contributed by atoms with E-state index >= 15 is 0 Å². The Hall–Kier alpha value is -4.23. The summed E-state index contributed by atoms with van der Waals surface area (Å²) in [5.74, 6) is 0.0618. The summed E-state index contributed by atoms with van der Waals surface area (Å²) in [7, 11) is -0.206. The van der Waals surface area contributed by atoms with Gasteiger partial charge in [-0.25, -0.2) is 18.4 Å². The Bertz CT molecular complexity index is 1630. The predicted molar refractivity (Wildman–Crippen MR) is 165 cm³/mol. The molecule has 2 N–H and O–H groups in total. The van der Waals surface area contributed by atoms with Crippen molar-refractivity contribution in [3.05, 3.63) is 65.1 Å². The van der Waals surface area contributed by atoms with Crippen molar-refractivity contribution in [1.29, 1.82) is 0 Å². The molecule has 2 aromatic carbocycles. The van der Waals surface area contributed by atoms with Crippen molar-refractivity contribution in [3.8, 4) is 17.4 Å². The highest BCUT2D eigenvalue weighted by atomic mass is 32.2. The van der Waals surface area contributed by atoms with E-state index in [0.29, 0.717) is 24.5 Å². The summed E-state index contributed by atoms with van der Waals surface area (Å²) in [6, 6.07) is 9.90. The number of benzene rings is 2. The molecule has 2 amide bonds. The smallest absolute Gasteiger partial charge is 0.272 e. The summed E-state index contributed by atoms with van der Waals surface area (Å²) in [5, 5.41) is 2.86. The van der Waals surface area contributed by atoms with Gasteiger partial charge in [0.2, 0.25) is 15.9 Å². The lowest BCUT2D eigenvalue weighted by Gasteiger charge is -2.32. The lowest BCUT2D eigenvalue weighted by atomic mass is 9.86. The quantitative estimate of drug-likeness (QED) is 0.388. The minimum Gasteiger partial charge on any atom is -0.492 e. The normalized spacial score (nSPS) is 14.3. The molecule has 12 nitrogen and oxygen atoms in total. The van der Waals surface area contributed by atoms with Crippen molar-refractivity contribution in [2.75, 3.05) is 56.6 Å². The number of anilines is 2. The Kier molecular flexibility index (Phi) is 9.26. The van der Waals surface area contributed by atoms with Crippen molar-refractivity contribution in [1.82, 2.24) is 19.8 Å². The van der Waals surface area contributed by atoms with Gasteiger partial charge in [0.05, 0.1) is 24.7 Å². The number of carbonyl (C=O) groups excluding carboxylic acids is 2. The van der Waals surface area contributed by atoms with Crippen LogP contribution in [0.5, 0.6) is 17.4 Å². The predicted octanol–water partition coefficient (Wildman–Crippen LogP) is 3.89. The number of rotatable bonds is 8. The minimum atomic E-state index is -3.62. The molecule has 0 saturated carbocycles. The highest BCUT2D eigenvalue weighted by Crippen LogP contribution is 2.39. The summed E-state index contributed by atoms with van der Waals surface area (Å²) in [6.07, 6.45) is 2.33. The number of hydrogen-bond donors (Lipinski definition) is 2. The molecule has 0 aliphatic carbocycles. The second kappa shape index (κ2) is 12.6. The molecule has 1 aliphatic rings. The third-order valence-electron chi connectivity index (χ3n) is 7.02. The number of sulfonamides is 1. The van der Waals surface area contributed by atoms with Gasteiger partial charge in [-0.2, -0.15) is 0 Å². The summed E-state index contributed by atoms with van der Waals surface area (Å²) in [6.45, 7) is 10.6. The second-order valence-electron chi connectivity index (χ2n) is 11.6. The number of ether oxygens (including phenoxy) is 2. The number of piperazine rings is 1. The standard InChI is InChI=1S/C30H38N6O6S/c1-19-8-9-20(14-25(19)42-26-17-24(31-18-32-26)29(38)36-12-10-35(5)11-13-36)28(37)33-22-15-21(30(2,3)4)16-23(27(22)41-6)34-43(7,39)40/h8-9,14-18,34H,10-13H2,1-7H3,(H,33,37). The fourth-order valence-electron chi connectivity index (χ4n) is 4.49. The third-order valence-corrected chi connectivity index (χ3v) is 7.61. The van der Waals surface area contributed by atoms with Gasteiger partial charge in [-0.15, -0.1) is 0 Å². The van der Waals surface area contributed by atoms with Crippen LogP contribution in [0.15, 0.2) is 42.7 Å². The highest BCUT2D eigenvalue weighted by molar-refractivity contribution is 7.92. The second-order valence-corrected chi connectivity index (χ2v) is 13.4. The van der Waals surface area contributed by atoms with Crippen LogP contribution < -0.4 is 19.5 Å². The Morgan fingerprint density at radius 1 is 0.977 bits per heavy atom. The Balaban J connectivity index is 1.59. The number of likely N-dealkylation sites (N-methyl/N-ethyl adjacent to an activating group) is 1. The number of aromatic nitrogens is 2. The van der Waals surface area contributed by atoms with Crippen LogP contribution in [0, 0.1) is 6.92 Å². The molecule has 0 radical (unpaired) electrons. The van der Waals surface area contributed by atoms with E-state index in [4.69, 9.17) is 9.47 Å². The van der Waals surface area contributed by atoms with E-state index in [0.717, 1.165) is 30.5 Å². The number of nitrogens with zero attached hydrogens (tertiary/aromatic N) is 4. The van der Waals surface area contributed by atoms with Crippen molar-refractivity contribution in [2.24, 2.45) is 0 Å². The number of aryl methyl sites for hydroxylation is 1. The van der Waals surface area contributed by atoms with E-state index in [1.807, 2.05) is 34.7 Å². The van der Waals surface area contributed by atoms with E-state index in [-0.39, 0.29) is 39.9 Å². The topological polar surface area (TPSA) is 143 Å². The SMILES string of the molecule is COc1c(NC(=O)c2ccc(C)c(Oc3cc(C(=O)N4CCN(C)CC4)ncn3)c2)cc(C(C)(C)C)cc1NS(C)(=O)=O. The molecule has 0 bridgehead atoms. The first-order chi connectivity index (χ1) is 20.1. The van der Waals surface area contributed by atoms with Gasteiger partial charge in [0.1, 0.15) is 17.8 Å². The molecule has 43 heavy (non-hydrogen) atoms. The van der Waals surface area contributed by atoms with Gasteiger partial charge in [-0.3, -0.25) is 14.3 Å². The van der Waals surface area contributed by atoms with Gasteiger partial charge >= 0.3 is 0 Å². The zero-order valence-corrected chi connectivity index (χ0v) is 26.3. The van der Waals surface area contributed by atoms with Crippen LogP contribution in [0.3, 0.4) is 0 Å². The number of nitrogens with one attached hydrogen (secondary N) is 2. The van der Waals surface area contributed by atoms with Crippen LogP contribution in [0.25, 0.3) is 0 Å². The van der Waals surface area contributed by atoms with Crippen molar-refractivity contribution >= 4 is 33.2 Å². The van der Waals surface area contributed by atoms with Gasteiger partial charge < -0.3 is 24.6 Å². The Morgan fingerprint density at radius 3 is 2.28 bits per heavy atom. The van der Waals surface area contributed by atoms with Crippen molar-refractivity contribution < 1.29 is 27.5 Å². The summed E-state index contributed by atoms with van der Waals surface area (Å²) >= 11 is 0. The van der Waals surface area contributed by atoms with E-state index < -0.39 is 15.9 Å². The first-order valence-corrected chi connectivity index (χ1v) is 15.6. The molecule has 4 rings (SSSR count). The first-order valence-electron chi connectivity index (χ1n) is 13.7. The van der Waals surface area contributed by atoms with E-state index in [1.54, 1.807) is 35.2 Å². The minimum absolute atomic E-state index is 0.171. The average Bonchev–Trinajstić information content (AvgIpc) is 2.93. The molecule has 1 fully saturated rings. The molecule has 0 atom stereocenters. The first kappa shape index (κ1) is 31.7. The number of amides is 2. The molecule has 3 aromatic rings. The number of carbonyl (C=O) groups is 2. The monoisotopic (exact) mass is 610 g/mol. The summed E-state index contributed by atoms with van der Waals surface area (Å²) < 4.78 is 38.1. The summed E-state index contributed by atoms with van der Waals surface area (Å²) in [4.78, 5) is 38.7. The van der Waals surface area contributed by atoms with Crippen molar-refractivity contribution in [3.63, 3.8) is 0 Å². The maximum absolute atomic E-state index is 13.5. The van der Waals surface area contributed by atoms with Gasteiger partial charge in [0.15, 0.2) is 5.75 Å². The molecular weight excluding hydrogens is 572 g/mol. The molecule has 0 spiro atoms. The zero-order valence-electron chi connectivity index (χ0n) is 25.5. The maximum atomic E-state index is 13.5. The van der Waals surface area contributed by atoms with Crippen LogP contribution >= 0.6 is 0 Å². The Morgan fingerprint density at radius 2 is 1.65 bits per heavy atom. The van der Waals surface area contributed by atoms with Crippen LogP contribution in [-0.4, -0.2) is 86.6 Å². The zero-order chi connectivity index (χ0) is 31.5. The van der Waals surface area contributed by atoms with E-state index in [1.165, 1.54) is 19.5 Å². The van der Waals surface area contributed by atoms with Crippen LogP contribution in [0.4, 0.5) is 11.4 Å². The van der Waals surface area contributed by atoms with Gasteiger partial charge in [0, 0.05) is 37.8 Å². The number of methoxy groups -OCH3 is 1. The molecule has 1 aliphatic heterocycles.